The molecule has 4 nitrogen and oxygen atoms in total. The van der Waals surface area contributed by atoms with E-state index in [1.165, 1.54) is 6.08 Å². The van der Waals surface area contributed by atoms with E-state index >= 15 is 0 Å². The largest absolute Gasteiger partial charge is 0.454 e. The molecular formula is C18H16ClNO3. The van der Waals surface area contributed by atoms with Crippen molar-refractivity contribution in [3.63, 3.8) is 0 Å². The zero-order valence-corrected chi connectivity index (χ0v) is 13.3. The minimum absolute atomic E-state index is 0.169. The first kappa shape index (κ1) is 15.4. The van der Waals surface area contributed by atoms with E-state index in [1.807, 2.05) is 49.4 Å². The Labute approximate surface area is 139 Å². The highest BCUT2D eigenvalue weighted by molar-refractivity contribution is 6.31. The summed E-state index contributed by atoms with van der Waals surface area (Å²) in [4.78, 5) is 12.0. The van der Waals surface area contributed by atoms with Crippen molar-refractivity contribution in [1.82, 2.24) is 5.32 Å². The minimum atomic E-state index is -0.185. The predicted octanol–water partition coefficient (Wildman–Crippen LogP) is 3.96. The zero-order chi connectivity index (χ0) is 16.2. The Morgan fingerprint density at radius 2 is 2.00 bits per heavy atom. The number of halogens is 1. The maximum absolute atomic E-state index is 12.0. The molecule has 1 unspecified atom stereocenters. The lowest BCUT2D eigenvalue weighted by Crippen LogP contribution is -2.24. The molecule has 0 saturated carbocycles. The van der Waals surface area contributed by atoms with Crippen LogP contribution in [0, 0.1) is 0 Å². The molecule has 1 aliphatic rings. The number of fused-ring (bicyclic) bond motifs is 1. The number of amides is 1. The van der Waals surface area contributed by atoms with Gasteiger partial charge in [-0.1, -0.05) is 35.9 Å². The van der Waals surface area contributed by atoms with Gasteiger partial charge in [0.2, 0.25) is 12.7 Å². The van der Waals surface area contributed by atoms with Gasteiger partial charge in [-0.25, -0.2) is 0 Å². The van der Waals surface area contributed by atoms with Gasteiger partial charge in [0, 0.05) is 11.1 Å². The van der Waals surface area contributed by atoms with Crippen LogP contribution >= 0.6 is 11.6 Å². The van der Waals surface area contributed by atoms with Crippen LogP contribution in [0.1, 0.15) is 24.1 Å². The van der Waals surface area contributed by atoms with Crippen molar-refractivity contribution < 1.29 is 14.3 Å². The Hall–Kier alpha value is -2.46. The summed E-state index contributed by atoms with van der Waals surface area (Å²) in [6.45, 7) is 2.13. The van der Waals surface area contributed by atoms with E-state index in [0.717, 1.165) is 16.9 Å². The van der Waals surface area contributed by atoms with Crippen molar-refractivity contribution >= 4 is 23.6 Å². The van der Waals surface area contributed by atoms with Crippen molar-refractivity contribution in [3.8, 4) is 11.5 Å². The average Bonchev–Trinajstić information content (AvgIpc) is 3.01. The van der Waals surface area contributed by atoms with Crippen LogP contribution < -0.4 is 14.8 Å². The molecule has 0 saturated heterocycles. The van der Waals surface area contributed by atoms with Crippen LogP contribution in [0.25, 0.3) is 6.08 Å². The average molecular weight is 330 g/mol. The van der Waals surface area contributed by atoms with Gasteiger partial charge in [0.1, 0.15) is 0 Å². The maximum atomic E-state index is 12.0. The second-order valence-electron chi connectivity index (χ2n) is 5.20. The van der Waals surface area contributed by atoms with Crippen LogP contribution in [0.2, 0.25) is 5.02 Å². The summed E-state index contributed by atoms with van der Waals surface area (Å²) in [6.07, 6.45) is 3.22. The lowest BCUT2D eigenvalue weighted by atomic mass is 10.1. The molecule has 0 aromatic heterocycles. The number of ether oxygens (including phenoxy) is 2. The van der Waals surface area contributed by atoms with Gasteiger partial charge in [0.15, 0.2) is 11.5 Å². The Morgan fingerprint density at radius 3 is 2.83 bits per heavy atom. The van der Waals surface area contributed by atoms with E-state index in [4.69, 9.17) is 21.1 Å². The molecule has 23 heavy (non-hydrogen) atoms. The molecule has 0 radical (unpaired) electrons. The van der Waals surface area contributed by atoms with Crippen molar-refractivity contribution in [2.24, 2.45) is 0 Å². The van der Waals surface area contributed by atoms with Crippen LogP contribution in [0.3, 0.4) is 0 Å². The highest BCUT2D eigenvalue weighted by Crippen LogP contribution is 2.32. The Kier molecular flexibility index (Phi) is 4.53. The van der Waals surface area contributed by atoms with Gasteiger partial charge >= 0.3 is 0 Å². The maximum Gasteiger partial charge on any atom is 0.244 e. The third-order valence-electron chi connectivity index (χ3n) is 3.55. The highest BCUT2D eigenvalue weighted by atomic mass is 35.5. The molecule has 0 aliphatic carbocycles. The molecule has 0 spiro atoms. The molecule has 1 N–H and O–H groups in total. The van der Waals surface area contributed by atoms with Gasteiger partial charge < -0.3 is 14.8 Å². The molecule has 1 aliphatic heterocycles. The Morgan fingerprint density at radius 1 is 1.22 bits per heavy atom. The molecule has 0 bridgehead atoms. The first-order valence-corrected chi connectivity index (χ1v) is 7.64. The monoisotopic (exact) mass is 329 g/mol. The van der Waals surface area contributed by atoms with Crippen molar-refractivity contribution in [2.45, 2.75) is 13.0 Å². The van der Waals surface area contributed by atoms with Crippen molar-refractivity contribution in [1.29, 1.82) is 0 Å². The number of rotatable bonds is 4. The number of hydrogen-bond acceptors (Lipinski definition) is 3. The van der Waals surface area contributed by atoms with Gasteiger partial charge in [-0.05, 0) is 42.3 Å². The topological polar surface area (TPSA) is 47.6 Å². The molecule has 118 valence electrons. The van der Waals surface area contributed by atoms with Crippen LogP contribution in [0.4, 0.5) is 0 Å². The minimum Gasteiger partial charge on any atom is -0.454 e. The van der Waals surface area contributed by atoms with Crippen molar-refractivity contribution in [2.75, 3.05) is 6.79 Å². The molecule has 2 aromatic rings. The summed E-state index contributed by atoms with van der Waals surface area (Å²) in [7, 11) is 0. The van der Waals surface area contributed by atoms with Gasteiger partial charge in [0.05, 0.1) is 6.04 Å². The second kappa shape index (κ2) is 6.75. The number of carbonyl (C=O) groups is 1. The van der Waals surface area contributed by atoms with E-state index in [9.17, 15) is 4.79 Å². The fraction of sp³-hybridized carbons (Fsp3) is 0.167. The SMILES string of the molecule is CC(NC(=O)/C=C/c1ccc2c(c1)OCO2)c1ccccc1Cl. The quantitative estimate of drug-likeness (QED) is 0.864. The van der Waals surface area contributed by atoms with Crippen LogP contribution in [0.5, 0.6) is 11.5 Å². The molecule has 1 atom stereocenters. The normalized spacial score (nSPS) is 14.0. The summed E-state index contributed by atoms with van der Waals surface area (Å²) in [6, 6.07) is 12.8. The number of carbonyl (C=O) groups excluding carboxylic acids is 1. The first-order valence-electron chi connectivity index (χ1n) is 7.26. The first-order chi connectivity index (χ1) is 11.1. The lowest BCUT2D eigenvalue weighted by Gasteiger charge is -2.14. The number of nitrogens with one attached hydrogen (secondary N) is 1. The van der Waals surface area contributed by atoms with Crippen LogP contribution in [0.15, 0.2) is 48.5 Å². The third kappa shape index (κ3) is 3.66. The summed E-state index contributed by atoms with van der Waals surface area (Å²) >= 11 is 6.13. The summed E-state index contributed by atoms with van der Waals surface area (Å²) in [5, 5.41) is 3.53. The Bertz CT molecular complexity index is 758. The number of benzene rings is 2. The Balaban J connectivity index is 1.64. The molecule has 3 rings (SSSR count). The standard InChI is InChI=1S/C18H16ClNO3/c1-12(14-4-2-3-5-15(14)19)20-18(21)9-7-13-6-8-16-17(10-13)23-11-22-16/h2-10,12H,11H2,1H3,(H,20,21)/b9-7+. The van der Waals surface area contributed by atoms with Gasteiger partial charge in [-0.2, -0.15) is 0 Å². The molecule has 2 aromatic carbocycles. The fourth-order valence-corrected chi connectivity index (χ4v) is 2.65. The molecule has 1 heterocycles. The van der Waals surface area contributed by atoms with Crippen LogP contribution in [-0.4, -0.2) is 12.7 Å². The smallest absolute Gasteiger partial charge is 0.244 e. The van der Waals surface area contributed by atoms with Crippen LogP contribution in [-0.2, 0) is 4.79 Å². The summed E-state index contributed by atoms with van der Waals surface area (Å²) in [5.74, 6) is 1.23. The van der Waals surface area contributed by atoms with Gasteiger partial charge in [0.25, 0.3) is 0 Å². The molecule has 1 amide bonds. The summed E-state index contributed by atoms with van der Waals surface area (Å²) in [5.41, 5.74) is 1.76. The van der Waals surface area contributed by atoms with Gasteiger partial charge in [-0.3, -0.25) is 4.79 Å². The second-order valence-corrected chi connectivity index (χ2v) is 5.61. The highest BCUT2D eigenvalue weighted by Gasteiger charge is 2.13. The third-order valence-corrected chi connectivity index (χ3v) is 3.90. The van der Waals surface area contributed by atoms with E-state index in [2.05, 4.69) is 5.32 Å². The van der Waals surface area contributed by atoms with E-state index in [0.29, 0.717) is 10.8 Å². The molecule has 5 heteroatoms. The lowest BCUT2D eigenvalue weighted by molar-refractivity contribution is -0.117. The van der Waals surface area contributed by atoms with E-state index < -0.39 is 0 Å². The van der Waals surface area contributed by atoms with Crippen molar-refractivity contribution in [3.05, 3.63) is 64.7 Å². The fourth-order valence-electron chi connectivity index (χ4n) is 2.35. The molecular weight excluding hydrogens is 314 g/mol. The predicted molar refractivity (Wildman–Crippen MR) is 89.6 cm³/mol. The summed E-state index contributed by atoms with van der Waals surface area (Å²) < 4.78 is 10.6. The molecule has 0 fully saturated rings. The number of hydrogen-bond donors (Lipinski definition) is 1. The van der Waals surface area contributed by atoms with E-state index in [-0.39, 0.29) is 18.7 Å². The van der Waals surface area contributed by atoms with Gasteiger partial charge in [-0.15, -0.1) is 0 Å². The zero-order valence-electron chi connectivity index (χ0n) is 12.6. The van der Waals surface area contributed by atoms with E-state index in [1.54, 1.807) is 6.08 Å².